The highest BCUT2D eigenvalue weighted by atomic mass is 16.5. The second kappa shape index (κ2) is 6.89. The monoisotopic (exact) mass is 334 g/mol. The average molecular weight is 334 g/mol. The van der Waals surface area contributed by atoms with E-state index >= 15 is 0 Å². The predicted molar refractivity (Wildman–Crippen MR) is 89.1 cm³/mol. The molecule has 0 saturated heterocycles. The molecule has 3 rings (SSSR count). The Bertz CT molecular complexity index is 939. The summed E-state index contributed by atoms with van der Waals surface area (Å²) in [6.07, 6.45) is 1.54. The summed E-state index contributed by atoms with van der Waals surface area (Å²) in [5.41, 5.74) is 2.59. The molecule has 0 radical (unpaired) electrons. The second-order valence-corrected chi connectivity index (χ2v) is 5.37. The van der Waals surface area contributed by atoms with Gasteiger partial charge in [-0.15, -0.1) is 0 Å². The Morgan fingerprint density at radius 3 is 2.68 bits per heavy atom. The Hall–Kier alpha value is -3.59. The van der Waals surface area contributed by atoms with Crippen molar-refractivity contribution in [2.75, 3.05) is 0 Å². The highest BCUT2D eigenvalue weighted by Crippen LogP contribution is 2.30. The van der Waals surface area contributed by atoms with Gasteiger partial charge >= 0.3 is 5.97 Å². The summed E-state index contributed by atoms with van der Waals surface area (Å²) in [6, 6.07) is 13.7. The van der Waals surface area contributed by atoms with Crippen LogP contribution in [0.2, 0.25) is 0 Å². The zero-order valence-electron chi connectivity index (χ0n) is 13.4. The number of furan rings is 1. The van der Waals surface area contributed by atoms with Crippen molar-refractivity contribution in [3.8, 4) is 23.3 Å². The summed E-state index contributed by atoms with van der Waals surface area (Å²) in [4.78, 5) is 15.2. The molecular formula is C19H14N2O4. The molecule has 6 nitrogen and oxygen atoms in total. The Labute approximate surface area is 143 Å². The van der Waals surface area contributed by atoms with Crippen molar-refractivity contribution in [2.45, 2.75) is 13.5 Å². The molecule has 6 heteroatoms. The van der Waals surface area contributed by atoms with E-state index in [4.69, 9.17) is 14.3 Å². The molecule has 2 heterocycles. The number of hydrogen-bond donors (Lipinski definition) is 1. The number of rotatable bonds is 5. The van der Waals surface area contributed by atoms with Gasteiger partial charge < -0.3 is 14.3 Å². The lowest BCUT2D eigenvalue weighted by Crippen LogP contribution is -2.03. The van der Waals surface area contributed by atoms with Gasteiger partial charge in [0.15, 0.2) is 0 Å². The zero-order chi connectivity index (χ0) is 17.8. The fraction of sp³-hybridized carbons (Fsp3) is 0.105. The van der Waals surface area contributed by atoms with Gasteiger partial charge in [-0.05, 0) is 42.8 Å². The van der Waals surface area contributed by atoms with E-state index in [1.807, 2.05) is 6.92 Å². The van der Waals surface area contributed by atoms with E-state index in [0.717, 1.165) is 5.56 Å². The maximum absolute atomic E-state index is 10.9. The van der Waals surface area contributed by atoms with Crippen LogP contribution >= 0.6 is 0 Å². The van der Waals surface area contributed by atoms with Gasteiger partial charge in [0.2, 0.25) is 5.88 Å². The van der Waals surface area contributed by atoms with Crippen molar-refractivity contribution >= 4 is 5.97 Å². The summed E-state index contributed by atoms with van der Waals surface area (Å²) < 4.78 is 11.1. The molecule has 0 amide bonds. The van der Waals surface area contributed by atoms with Crippen molar-refractivity contribution in [2.24, 2.45) is 0 Å². The van der Waals surface area contributed by atoms with Gasteiger partial charge in [0.25, 0.3) is 0 Å². The predicted octanol–water partition coefficient (Wildman–Crippen LogP) is 3.80. The van der Waals surface area contributed by atoms with Crippen LogP contribution < -0.4 is 4.74 Å². The van der Waals surface area contributed by atoms with Crippen LogP contribution in [0.15, 0.2) is 53.1 Å². The van der Waals surface area contributed by atoms with E-state index in [9.17, 15) is 10.1 Å². The molecule has 0 aliphatic carbocycles. The minimum atomic E-state index is -0.984. The molecule has 0 fully saturated rings. The molecule has 0 unspecified atom stereocenters. The van der Waals surface area contributed by atoms with Gasteiger partial charge in [0.05, 0.1) is 11.8 Å². The molecule has 3 aromatic rings. The second-order valence-electron chi connectivity index (χ2n) is 5.37. The Balaban J connectivity index is 1.87. The number of ether oxygens (including phenoxy) is 1. The third-order valence-corrected chi connectivity index (χ3v) is 3.59. The number of carboxylic acid groups (broad SMARTS) is 1. The minimum Gasteiger partial charge on any atom is -0.478 e. The average Bonchev–Trinajstić information content (AvgIpc) is 3.14. The molecule has 0 atom stereocenters. The maximum Gasteiger partial charge on any atom is 0.335 e. The molecule has 1 aromatic carbocycles. The molecule has 25 heavy (non-hydrogen) atoms. The van der Waals surface area contributed by atoms with Gasteiger partial charge in [-0.1, -0.05) is 12.1 Å². The third kappa shape index (κ3) is 3.51. The third-order valence-electron chi connectivity index (χ3n) is 3.59. The normalized spacial score (nSPS) is 10.2. The summed E-state index contributed by atoms with van der Waals surface area (Å²) in [5, 5.41) is 18.4. The Kier molecular flexibility index (Phi) is 4.48. The summed E-state index contributed by atoms with van der Waals surface area (Å²) in [7, 11) is 0. The first-order chi connectivity index (χ1) is 12.1. The fourth-order valence-electron chi connectivity index (χ4n) is 2.38. The van der Waals surface area contributed by atoms with Gasteiger partial charge in [-0.25, -0.2) is 9.78 Å². The number of nitriles is 1. The lowest BCUT2D eigenvalue weighted by atomic mass is 10.1. The number of nitrogens with zero attached hydrogens (tertiary/aromatic N) is 2. The molecule has 0 spiro atoms. The van der Waals surface area contributed by atoms with Crippen LogP contribution in [0.1, 0.15) is 27.2 Å². The summed E-state index contributed by atoms with van der Waals surface area (Å²) in [5.74, 6) is -0.198. The van der Waals surface area contributed by atoms with Crippen LogP contribution in [0.25, 0.3) is 11.3 Å². The lowest BCUT2D eigenvalue weighted by Gasteiger charge is -2.11. The molecule has 1 N–H and O–H groups in total. The SMILES string of the molecule is Cc1cc(-c2ccco2)c(C#N)c(OCc2ccc(C(=O)O)cc2)n1. The first kappa shape index (κ1) is 16.3. The van der Waals surface area contributed by atoms with Crippen LogP contribution in [0.3, 0.4) is 0 Å². The van der Waals surface area contributed by atoms with Crippen molar-refractivity contribution in [1.82, 2.24) is 4.98 Å². The van der Waals surface area contributed by atoms with Crippen LogP contribution in [0, 0.1) is 18.3 Å². The van der Waals surface area contributed by atoms with Gasteiger partial charge in [-0.3, -0.25) is 0 Å². The number of carboxylic acids is 1. The quantitative estimate of drug-likeness (QED) is 0.762. The largest absolute Gasteiger partial charge is 0.478 e. The van der Waals surface area contributed by atoms with E-state index in [1.165, 1.54) is 18.4 Å². The van der Waals surface area contributed by atoms with E-state index in [1.54, 1.807) is 30.3 Å². The topological polar surface area (TPSA) is 96.3 Å². The highest BCUT2D eigenvalue weighted by molar-refractivity contribution is 5.87. The van der Waals surface area contributed by atoms with E-state index in [0.29, 0.717) is 22.6 Å². The maximum atomic E-state index is 10.9. The molecule has 124 valence electrons. The Morgan fingerprint density at radius 2 is 2.08 bits per heavy atom. The van der Waals surface area contributed by atoms with Crippen molar-refractivity contribution in [3.63, 3.8) is 0 Å². The van der Waals surface area contributed by atoms with E-state index in [-0.39, 0.29) is 18.1 Å². The highest BCUT2D eigenvalue weighted by Gasteiger charge is 2.16. The van der Waals surface area contributed by atoms with Gasteiger partial charge in [0, 0.05) is 11.3 Å². The number of benzene rings is 1. The number of carbonyl (C=O) groups is 1. The summed E-state index contributed by atoms with van der Waals surface area (Å²) >= 11 is 0. The molecule has 0 aliphatic heterocycles. The van der Waals surface area contributed by atoms with Gasteiger partial charge in [-0.2, -0.15) is 5.26 Å². The minimum absolute atomic E-state index is 0.169. The molecule has 0 aliphatic rings. The standard InChI is InChI=1S/C19H14N2O4/c1-12-9-15(17-3-2-8-24-17)16(10-20)18(21-12)25-11-13-4-6-14(7-5-13)19(22)23/h2-9H,11H2,1H3,(H,22,23). The van der Waals surface area contributed by atoms with Crippen LogP contribution in [-0.2, 0) is 6.61 Å². The number of aryl methyl sites for hydroxylation is 1. The first-order valence-corrected chi connectivity index (χ1v) is 7.49. The lowest BCUT2D eigenvalue weighted by molar-refractivity contribution is 0.0697. The smallest absolute Gasteiger partial charge is 0.335 e. The molecule has 2 aromatic heterocycles. The molecule has 0 saturated carbocycles. The fourth-order valence-corrected chi connectivity index (χ4v) is 2.38. The van der Waals surface area contributed by atoms with E-state index in [2.05, 4.69) is 11.1 Å². The van der Waals surface area contributed by atoms with E-state index < -0.39 is 5.97 Å². The van der Waals surface area contributed by atoms with Crippen molar-refractivity contribution in [1.29, 1.82) is 5.26 Å². The number of aromatic carboxylic acids is 1. The molecular weight excluding hydrogens is 320 g/mol. The van der Waals surface area contributed by atoms with Gasteiger partial charge in [0.1, 0.15) is 24.0 Å². The van der Waals surface area contributed by atoms with Crippen LogP contribution in [-0.4, -0.2) is 16.1 Å². The number of aromatic nitrogens is 1. The Morgan fingerprint density at radius 1 is 1.32 bits per heavy atom. The van der Waals surface area contributed by atoms with Crippen molar-refractivity contribution < 1.29 is 19.1 Å². The van der Waals surface area contributed by atoms with Crippen molar-refractivity contribution in [3.05, 3.63) is 71.1 Å². The summed E-state index contributed by atoms with van der Waals surface area (Å²) in [6.45, 7) is 1.98. The molecule has 0 bridgehead atoms. The number of hydrogen-bond acceptors (Lipinski definition) is 5. The zero-order valence-corrected chi connectivity index (χ0v) is 13.4. The van der Waals surface area contributed by atoms with Crippen LogP contribution in [0.5, 0.6) is 5.88 Å². The first-order valence-electron chi connectivity index (χ1n) is 7.49. The number of pyridine rings is 1. The van der Waals surface area contributed by atoms with Crippen LogP contribution in [0.4, 0.5) is 0 Å².